The number of fused-ring (bicyclic) bond motifs is 1. The van der Waals surface area contributed by atoms with E-state index < -0.39 is 74.6 Å². The maximum Gasteiger partial charge on any atom is 0.194 e. The van der Waals surface area contributed by atoms with Crippen molar-refractivity contribution in [2.75, 3.05) is 27.4 Å². The first-order valence-electron chi connectivity index (χ1n) is 24.2. The summed E-state index contributed by atoms with van der Waals surface area (Å²) in [6.07, 6.45) is 0.416. The fourth-order valence-corrected chi connectivity index (χ4v) is 18.4. The van der Waals surface area contributed by atoms with E-state index in [9.17, 15) is 0 Å². The minimum absolute atomic E-state index is 0.0535. The molecule has 0 aromatic heterocycles. The molecule has 13 heteroatoms. The lowest BCUT2D eigenvalue weighted by atomic mass is 9.90. The van der Waals surface area contributed by atoms with Gasteiger partial charge in [0.05, 0.1) is 40.0 Å². The molecule has 0 saturated carbocycles. The van der Waals surface area contributed by atoms with Crippen molar-refractivity contribution in [1.82, 2.24) is 0 Å². The molecule has 9 nitrogen and oxygen atoms in total. The summed E-state index contributed by atoms with van der Waals surface area (Å²) in [4.78, 5) is 0. The number of ether oxygens (including phenoxy) is 6. The quantitative estimate of drug-likeness (QED) is 0.0884. The first-order valence-corrected chi connectivity index (χ1v) is 34.8. The van der Waals surface area contributed by atoms with Crippen LogP contribution in [0.3, 0.4) is 0 Å². The van der Waals surface area contributed by atoms with Crippen LogP contribution < -0.4 is 9.47 Å². The minimum Gasteiger partial charge on any atom is -0.493 e. The zero-order valence-electron chi connectivity index (χ0n) is 42.8. The van der Waals surface area contributed by atoms with E-state index in [1.54, 1.807) is 14.2 Å². The van der Waals surface area contributed by atoms with Gasteiger partial charge in [0.1, 0.15) is 20.3 Å². The average molecular weight is 944 g/mol. The monoisotopic (exact) mass is 943 g/mol. The Balaban J connectivity index is 2.07. The van der Waals surface area contributed by atoms with E-state index in [0.717, 1.165) is 65.5 Å². The van der Waals surface area contributed by atoms with Gasteiger partial charge in [-0.2, -0.15) is 0 Å². The molecular formula is C50H86O9Si4. The zero-order chi connectivity index (χ0) is 47.1. The van der Waals surface area contributed by atoms with Gasteiger partial charge in [0.15, 0.2) is 59.7 Å². The highest BCUT2D eigenvalue weighted by Crippen LogP contribution is 2.52. The van der Waals surface area contributed by atoms with Crippen LogP contribution in [-0.4, -0.2) is 95.8 Å². The maximum atomic E-state index is 7.73. The van der Waals surface area contributed by atoms with Crippen molar-refractivity contribution in [3.63, 3.8) is 0 Å². The second-order valence-corrected chi connectivity index (χ2v) is 39.2. The van der Waals surface area contributed by atoms with Gasteiger partial charge < -0.3 is 41.7 Å². The number of hydrogen-bond acceptors (Lipinski definition) is 9. The van der Waals surface area contributed by atoms with Crippen LogP contribution in [0, 0.1) is 23.3 Å². The Morgan fingerprint density at radius 2 is 1.37 bits per heavy atom. The van der Waals surface area contributed by atoms with Gasteiger partial charge in [0.2, 0.25) is 0 Å². The van der Waals surface area contributed by atoms with E-state index in [1.165, 1.54) is 0 Å². The molecule has 356 valence electrons. The van der Waals surface area contributed by atoms with Crippen LogP contribution in [-0.2, 0) is 32.2 Å². The average Bonchev–Trinajstić information content (AvgIpc) is 3.93. The van der Waals surface area contributed by atoms with Crippen molar-refractivity contribution in [3.05, 3.63) is 35.4 Å². The molecule has 63 heavy (non-hydrogen) atoms. The Labute approximate surface area is 388 Å². The van der Waals surface area contributed by atoms with E-state index in [2.05, 4.69) is 126 Å². The lowest BCUT2D eigenvalue weighted by Gasteiger charge is -2.42. The van der Waals surface area contributed by atoms with E-state index in [0.29, 0.717) is 31.1 Å². The summed E-state index contributed by atoms with van der Waals surface area (Å²) in [6, 6.07) is 15.0. The topological polar surface area (TPSA) is 83.1 Å². The summed E-state index contributed by atoms with van der Waals surface area (Å²) >= 11 is 0. The standard InChI is InChI=1S/C50H86O9Si4/c1-19-61(20-2,21-3)34-28-32-49(44-37-53-48(13,14)56-44,59-63(25-7,26-8)27-9)33-31-40-36-43(58-60(17,18)47(10,11)12)45-50(40,38-54-62(22-4,23-5)24-6)57-46(55-45)39-29-30-41(51-15)42(35-39)52-16/h29-30,35-36,43-46H,19-27,32,37-38H2,1-18H3/t43-,44+,45+,46+,49+,50-/m0/s1. The van der Waals surface area contributed by atoms with Gasteiger partial charge in [0, 0.05) is 11.1 Å². The molecule has 0 radical (unpaired) electrons. The fraction of sp³-hybridized carbons (Fsp3) is 0.760. The maximum absolute atomic E-state index is 7.73. The van der Waals surface area contributed by atoms with Gasteiger partial charge in [0.25, 0.3) is 0 Å². The van der Waals surface area contributed by atoms with Crippen LogP contribution >= 0.6 is 0 Å². The van der Waals surface area contributed by atoms with Crippen molar-refractivity contribution in [1.29, 1.82) is 0 Å². The lowest BCUT2D eigenvalue weighted by molar-refractivity contribution is -0.157. The molecule has 1 aliphatic carbocycles. The highest BCUT2D eigenvalue weighted by Gasteiger charge is 2.62. The van der Waals surface area contributed by atoms with Crippen LogP contribution in [0.1, 0.15) is 115 Å². The van der Waals surface area contributed by atoms with Crippen molar-refractivity contribution in [3.8, 4) is 34.8 Å². The SMILES string of the molecule is CC[Si](C#CC[C@](C#CC1=C[C@H](O[Si](C)(C)C(C)(C)C)[C@H]2O[C@@H](c3ccc(OC)c(OC)c3)O[C@@]12CO[Si](CC)(CC)CC)(O[Si](CC)(CC)CC)[C@H]1COC(C)(C)O1)(CC)CC. The number of rotatable bonds is 21. The molecule has 2 heterocycles. The molecule has 0 spiro atoms. The molecule has 2 aliphatic heterocycles. The highest BCUT2D eigenvalue weighted by molar-refractivity contribution is 6.87. The summed E-state index contributed by atoms with van der Waals surface area (Å²) < 4.78 is 61.5. The summed E-state index contributed by atoms with van der Waals surface area (Å²) in [5.41, 5.74) is 3.35. The Morgan fingerprint density at radius 1 is 0.778 bits per heavy atom. The summed E-state index contributed by atoms with van der Waals surface area (Å²) in [5.74, 6) is 11.9. The predicted molar refractivity (Wildman–Crippen MR) is 268 cm³/mol. The van der Waals surface area contributed by atoms with Gasteiger partial charge in [-0.05, 0) is 105 Å². The Kier molecular flexibility index (Phi) is 18.4. The second kappa shape index (κ2) is 21.5. The van der Waals surface area contributed by atoms with E-state index >= 15 is 0 Å². The molecule has 1 aromatic carbocycles. The number of benzene rings is 1. The van der Waals surface area contributed by atoms with Crippen LogP contribution in [0.25, 0.3) is 0 Å². The third-order valence-corrected chi connectivity index (χ3v) is 34.1. The van der Waals surface area contributed by atoms with E-state index in [-0.39, 0.29) is 5.04 Å². The molecule has 0 bridgehead atoms. The van der Waals surface area contributed by atoms with Crippen LogP contribution in [0.2, 0.25) is 72.5 Å². The largest absolute Gasteiger partial charge is 0.493 e. The first kappa shape index (κ1) is 53.9. The first-order chi connectivity index (χ1) is 29.6. The van der Waals surface area contributed by atoms with Gasteiger partial charge in [-0.15, -0.1) is 11.5 Å². The molecule has 3 aliphatic rings. The molecule has 0 N–H and O–H groups in total. The molecule has 2 saturated heterocycles. The smallest absolute Gasteiger partial charge is 0.194 e. The Bertz CT molecular complexity index is 1800. The lowest BCUT2D eigenvalue weighted by Crippen LogP contribution is -2.54. The molecule has 4 rings (SSSR count). The summed E-state index contributed by atoms with van der Waals surface area (Å²) in [7, 11) is -5.35. The van der Waals surface area contributed by atoms with Crippen molar-refractivity contribution >= 4 is 33.0 Å². The van der Waals surface area contributed by atoms with Gasteiger partial charge >= 0.3 is 0 Å². The molecule has 2 fully saturated rings. The van der Waals surface area contributed by atoms with Gasteiger partial charge in [-0.3, -0.25) is 0 Å². The molecule has 6 atom stereocenters. The second-order valence-electron chi connectivity index (χ2n) is 20.1. The Hall–Kier alpha value is -1.73. The molecule has 0 unspecified atom stereocenters. The fourth-order valence-electron chi connectivity index (χ4n) is 9.08. The zero-order valence-corrected chi connectivity index (χ0v) is 46.8. The van der Waals surface area contributed by atoms with E-state index in [1.807, 2.05) is 32.0 Å². The summed E-state index contributed by atoms with van der Waals surface area (Å²) in [6.45, 7) is 36.5. The highest BCUT2D eigenvalue weighted by atomic mass is 28.4. The Morgan fingerprint density at radius 3 is 1.86 bits per heavy atom. The predicted octanol–water partition coefficient (Wildman–Crippen LogP) is 12.6. The summed E-state index contributed by atoms with van der Waals surface area (Å²) in [5, 5.41) is -0.0535. The molecule has 1 aromatic rings. The normalized spacial score (nSPS) is 24.8. The van der Waals surface area contributed by atoms with Crippen LogP contribution in [0.4, 0.5) is 0 Å². The van der Waals surface area contributed by atoms with Crippen LogP contribution in [0.15, 0.2) is 29.8 Å². The van der Waals surface area contributed by atoms with Gasteiger partial charge in [-0.1, -0.05) is 101 Å². The third-order valence-electron chi connectivity index (χ3n) is 15.6. The van der Waals surface area contributed by atoms with Crippen LogP contribution in [0.5, 0.6) is 11.5 Å². The van der Waals surface area contributed by atoms with Crippen molar-refractivity contribution < 1.29 is 41.7 Å². The van der Waals surface area contributed by atoms with Crippen molar-refractivity contribution in [2.45, 2.75) is 217 Å². The van der Waals surface area contributed by atoms with Crippen molar-refractivity contribution in [2.24, 2.45) is 0 Å². The number of methoxy groups -OCH3 is 2. The number of hydrogen-bond donors (Lipinski definition) is 0. The molecular weight excluding hydrogens is 857 g/mol. The molecule has 0 amide bonds. The third kappa shape index (κ3) is 11.5. The van der Waals surface area contributed by atoms with E-state index in [4.69, 9.17) is 41.7 Å². The minimum atomic E-state index is -2.36. The van der Waals surface area contributed by atoms with Gasteiger partial charge in [-0.25, -0.2) is 0 Å².